The maximum Gasteiger partial charge on any atom is 0.0697 e. The van der Waals surface area contributed by atoms with E-state index in [1.165, 1.54) is 11.3 Å². The Hall–Kier alpha value is -0.380. The van der Waals surface area contributed by atoms with Crippen molar-refractivity contribution in [2.75, 3.05) is 19.7 Å². The Morgan fingerprint density at radius 1 is 1.44 bits per heavy atom. The van der Waals surface area contributed by atoms with E-state index < -0.39 is 0 Å². The Balaban J connectivity index is 2.08. The molecule has 0 aliphatic heterocycles. The van der Waals surface area contributed by atoms with Crippen molar-refractivity contribution in [2.45, 2.75) is 39.2 Å². The Kier molecular flexibility index (Phi) is 7.47. The maximum atomic E-state index is 5.86. The van der Waals surface area contributed by atoms with Gasteiger partial charge in [-0.3, -0.25) is 0 Å². The number of rotatable bonds is 9. The Morgan fingerprint density at radius 3 is 2.94 bits per heavy atom. The van der Waals surface area contributed by atoms with E-state index in [2.05, 4.69) is 36.7 Å². The smallest absolute Gasteiger partial charge is 0.0697 e. The first-order valence-electron chi connectivity index (χ1n) is 6.21. The highest BCUT2D eigenvalue weighted by molar-refractivity contribution is 7.09. The third-order valence-electron chi connectivity index (χ3n) is 2.54. The largest absolute Gasteiger partial charge is 0.377 e. The molecule has 92 valence electrons. The number of hydrogen-bond acceptors (Lipinski definition) is 3. The van der Waals surface area contributed by atoms with E-state index in [0.29, 0.717) is 6.10 Å². The first-order chi connectivity index (χ1) is 7.86. The molecule has 0 aliphatic carbocycles. The highest BCUT2D eigenvalue weighted by Crippen LogP contribution is 2.09. The summed E-state index contributed by atoms with van der Waals surface area (Å²) in [5, 5.41) is 5.53. The minimum Gasteiger partial charge on any atom is -0.377 e. The van der Waals surface area contributed by atoms with Gasteiger partial charge in [-0.15, -0.1) is 11.3 Å². The van der Waals surface area contributed by atoms with Gasteiger partial charge in [0.25, 0.3) is 0 Å². The quantitative estimate of drug-likeness (QED) is 0.671. The van der Waals surface area contributed by atoms with E-state index in [9.17, 15) is 0 Å². The molecular weight excluding hydrogens is 218 g/mol. The highest BCUT2D eigenvalue weighted by atomic mass is 32.1. The lowest BCUT2D eigenvalue weighted by molar-refractivity contribution is 0.0533. The monoisotopic (exact) mass is 241 g/mol. The molecule has 0 spiro atoms. The number of ether oxygens (including phenoxy) is 1. The summed E-state index contributed by atoms with van der Waals surface area (Å²) >= 11 is 1.81. The molecule has 1 aromatic heterocycles. The molecule has 0 amide bonds. The molecule has 0 saturated heterocycles. The predicted octanol–water partition coefficient (Wildman–Crippen LogP) is 3.09. The Bertz CT molecular complexity index is 248. The van der Waals surface area contributed by atoms with Crippen LogP contribution in [0.4, 0.5) is 0 Å². The van der Waals surface area contributed by atoms with Crippen molar-refractivity contribution in [3.8, 4) is 0 Å². The number of hydrogen-bond donors (Lipinski definition) is 1. The zero-order valence-corrected chi connectivity index (χ0v) is 11.2. The van der Waals surface area contributed by atoms with E-state index in [0.717, 1.165) is 32.5 Å². The van der Waals surface area contributed by atoms with E-state index in [-0.39, 0.29) is 0 Å². The van der Waals surface area contributed by atoms with Gasteiger partial charge in [-0.2, -0.15) is 0 Å². The second kappa shape index (κ2) is 8.74. The fourth-order valence-corrected chi connectivity index (χ4v) is 2.23. The summed E-state index contributed by atoms with van der Waals surface area (Å²) < 4.78 is 5.86. The third-order valence-corrected chi connectivity index (χ3v) is 3.47. The summed E-state index contributed by atoms with van der Waals surface area (Å²) in [6.07, 6.45) is 3.68. The van der Waals surface area contributed by atoms with Crippen molar-refractivity contribution in [3.05, 3.63) is 22.4 Å². The van der Waals surface area contributed by atoms with Crippen LogP contribution in [0.15, 0.2) is 17.5 Å². The van der Waals surface area contributed by atoms with Gasteiger partial charge < -0.3 is 10.1 Å². The van der Waals surface area contributed by atoms with Crippen LogP contribution in [-0.4, -0.2) is 25.8 Å². The molecule has 0 saturated carbocycles. The SMILES string of the molecule is CCCNCC(CC)OCCc1cccs1. The number of thiophene rings is 1. The van der Waals surface area contributed by atoms with Gasteiger partial charge in [0.2, 0.25) is 0 Å². The van der Waals surface area contributed by atoms with Crippen LogP contribution in [0, 0.1) is 0 Å². The Labute approximate surface area is 103 Å². The van der Waals surface area contributed by atoms with Crippen LogP contribution in [0.2, 0.25) is 0 Å². The normalized spacial score (nSPS) is 12.9. The lowest BCUT2D eigenvalue weighted by Gasteiger charge is -2.16. The van der Waals surface area contributed by atoms with Gasteiger partial charge >= 0.3 is 0 Å². The van der Waals surface area contributed by atoms with Gasteiger partial charge in [-0.05, 0) is 30.8 Å². The van der Waals surface area contributed by atoms with Gasteiger partial charge in [0, 0.05) is 17.8 Å². The van der Waals surface area contributed by atoms with Crippen LogP contribution in [0.25, 0.3) is 0 Å². The molecule has 16 heavy (non-hydrogen) atoms. The number of nitrogens with one attached hydrogen (secondary N) is 1. The fraction of sp³-hybridized carbons (Fsp3) is 0.692. The molecule has 3 heteroatoms. The molecule has 2 nitrogen and oxygen atoms in total. The zero-order chi connectivity index (χ0) is 11.6. The van der Waals surface area contributed by atoms with Crippen LogP contribution in [-0.2, 0) is 11.2 Å². The van der Waals surface area contributed by atoms with Crippen molar-refractivity contribution >= 4 is 11.3 Å². The highest BCUT2D eigenvalue weighted by Gasteiger charge is 2.05. The lowest BCUT2D eigenvalue weighted by Crippen LogP contribution is -2.29. The summed E-state index contributed by atoms with van der Waals surface area (Å²) in [5.41, 5.74) is 0. The topological polar surface area (TPSA) is 21.3 Å². The molecule has 1 atom stereocenters. The summed E-state index contributed by atoms with van der Waals surface area (Å²) in [5.74, 6) is 0. The molecule has 1 unspecified atom stereocenters. The van der Waals surface area contributed by atoms with E-state index >= 15 is 0 Å². The van der Waals surface area contributed by atoms with Crippen LogP contribution in [0.1, 0.15) is 31.6 Å². The van der Waals surface area contributed by atoms with Crippen LogP contribution >= 0.6 is 11.3 Å². The van der Waals surface area contributed by atoms with E-state index in [1.54, 1.807) is 0 Å². The van der Waals surface area contributed by atoms with Crippen LogP contribution in [0.3, 0.4) is 0 Å². The summed E-state index contributed by atoms with van der Waals surface area (Å²) in [6.45, 7) is 7.28. The maximum absolute atomic E-state index is 5.86. The summed E-state index contributed by atoms with van der Waals surface area (Å²) in [7, 11) is 0. The van der Waals surface area contributed by atoms with Gasteiger partial charge in [0.1, 0.15) is 0 Å². The summed E-state index contributed by atoms with van der Waals surface area (Å²) in [6, 6.07) is 4.27. The molecule has 0 bridgehead atoms. The minimum absolute atomic E-state index is 0.367. The van der Waals surface area contributed by atoms with Crippen molar-refractivity contribution in [1.82, 2.24) is 5.32 Å². The molecule has 1 aromatic rings. The van der Waals surface area contributed by atoms with Crippen molar-refractivity contribution < 1.29 is 4.74 Å². The van der Waals surface area contributed by atoms with E-state index in [1.807, 2.05) is 11.3 Å². The third kappa shape index (κ3) is 5.64. The standard InChI is InChI=1S/C13H23NOS/c1-3-8-14-11-12(4-2)15-9-7-13-6-5-10-16-13/h5-6,10,12,14H,3-4,7-9,11H2,1-2H3. The molecule has 1 rings (SSSR count). The summed E-state index contributed by atoms with van der Waals surface area (Å²) in [4.78, 5) is 1.41. The average Bonchev–Trinajstić information content (AvgIpc) is 2.80. The first kappa shape index (κ1) is 13.7. The second-order valence-corrected chi connectivity index (χ2v) is 4.97. The fourth-order valence-electron chi connectivity index (χ4n) is 1.54. The molecular formula is C13H23NOS. The van der Waals surface area contributed by atoms with Crippen molar-refractivity contribution in [3.63, 3.8) is 0 Å². The van der Waals surface area contributed by atoms with Crippen LogP contribution in [0.5, 0.6) is 0 Å². The van der Waals surface area contributed by atoms with Crippen LogP contribution < -0.4 is 5.32 Å². The van der Waals surface area contributed by atoms with E-state index in [4.69, 9.17) is 4.74 Å². The molecule has 1 heterocycles. The van der Waals surface area contributed by atoms with Crippen molar-refractivity contribution in [1.29, 1.82) is 0 Å². The lowest BCUT2D eigenvalue weighted by atomic mass is 10.2. The molecule has 0 aliphatic rings. The molecule has 1 N–H and O–H groups in total. The first-order valence-corrected chi connectivity index (χ1v) is 7.09. The van der Waals surface area contributed by atoms with Gasteiger partial charge in [-0.1, -0.05) is 19.9 Å². The van der Waals surface area contributed by atoms with Crippen molar-refractivity contribution in [2.24, 2.45) is 0 Å². The zero-order valence-electron chi connectivity index (χ0n) is 10.4. The van der Waals surface area contributed by atoms with Gasteiger partial charge in [-0.25, -0.2) is 0 Å². The Morgan fingerprint density at radius 2 is 2.31 bits per heavy atom. The second-order valence-electron chi connectivity index (χ2n) is 3.93. The predicted molar refractivity (Wildman–Crippen MR) is 71.2 cm³/mol. The minimum atomic E-state index is 0.367. The molecule has 0 fully saturated rings. The average molecular weight is 241 g/mol. The molecule has 0 radical (unpaired) electrons. The molecule has 0 aromatic carbocycles. The van der Waals surface area contributed by atoms with Gasteiger partial charge in [0.15, 0.2) is 0 Å². The van der Waals surface area contributed by atoms with Gasteiger partial charge in [0.05, 0.1) is 12.7 Å².